The molecule has 0 saturated carbocycles. The molecule has 0 atom stereocenters. The number of benzene rings is 2. The first-order valence-corrected chi connectivity index (χ1v) is 9.48. The maximum atomic E-state index is 13.2. The fourth-order valence-electron chi connectivity index (χ4n) is 2.90. The number of ketones is 1. The summed E-state index contributed by atoms with van der Waals surface area (Å²) in [6, 6.07) is 7.08. The molecule has 0 N–H and O–H groups in total. The number of carbonyl (C=O) groups excluding carboxylic acids is 1. The van der Waals surface area contributed by atoms with Crippen LogP contribution in [-0.2, 0) is 10.7 Å². The molecule has 124 valence electrons. The molecule has 7 heteroatoms. The van der Waals surface area contributed by atoms with Crippen molar-refractivity contribution in [2.24, 2.45) is 0 Å². The summed E-state index contributed by atoms with van der Waals surface area (Å²) < 4.78 is 21.8. The SMILES string of the molecule is O=C(c1ccc2c(c1CBr)OCO2)c1ccc2c(c1CBr)OCO2. The molecular formula is C17H12Br2O5. The van der Waals surface area contributed by atoms with Crippen LogP contribution in [0, 0.1) is 0 Å². The largest absolute Gasteiger partial charge is 0.454 e. The minimum Gasteiger partial charge on any atom is -0.454 e. The van der Waals surface area contributed by atoms with E-state index in [2.05, 4.69) is 31.9 Å². The standard InChI is InChI=1S/C17H12Br2O5/c18-5-11-9(1-3-13-16(11)23-7-21-13)15(20)10-2-4-14-17(12(10)6-19)24-8-22-14/h1-4H,5-8H2. The molecule has 0 spiro atoms. The molecule has 2 heterocycles. The molecule has 0 bridgehead atoms. The van der Waals surface area contributed by atoms with E-state index in [1.165, 1.54) is 0 Å². The second-order valence-electron chi connectivity index (χ2n) is 5.25. The highest BCUT2D eigenvalue weighted by Gasteiger charge is 2.28. The van der Waals surface area contributed by atoms with E-state index in [1.54, 1.807) is 24.3 Å². The first-order chi connectivity index (χ1) is 11.7. The molecule has 0 saturated heterocycles. The van der Waals surface area contributed by atoms with Crippen molar-refractivity contribution in [2.75, 3.05) is 13.6 Å². The number of hydrogen-bond acceptors (Lipinski definition) is 5. The summed E-state index contributed by atoms with van der Waals surface area (Å²) in [5.41, 5.74) is 2.73. The highest BCUT2D eigenvalue weighted by Crippen LogP contribution is 2.42. The van der Waals surface area contributed by atoms with Gasteiger partial charge < -0.3 is 18.9 Å². The van der Waals surface area contributed by atoms with E-state index in [1.807, 2.05) is 0 Å². The molecule has 0 fully saturated rings. The van der Waals surface area contributed by atoms with Gasteiger partial charge in [0.05, 0.1) is 0 Å². The Balaban J connectivity index is 1.83. The van der Waals surface area contributed by atoms with Gasteiger partial charge in [-0.1, -0.05) is 31.9 Å². The molecule has 5 nitrogen and oxygen atoms in total. The van der Waals surface area contributed by atoms with Crippen molar-refractivity contribution in [3.63, 3.8) is 0 Å². The van der Waals surface area contributed by atoms with E-state index < -0.39 is 0 Å². The van der Waals surface area contributed by atoms with E-state index in [0.717, 1.165) is 11.1 Å². The Labute approximate surface area is 155 Å². The lowest BCUT2D eigenvalue weighted by molar-refractivity contribution is 0.103. The number of alkyl halides is 2. The molecule has 2 aromatic carbocycles. The smallest absolute Gasteiger partial charge is 0.231 e. The van der Waals surface area contributed by atoms with Crippen molar-refractivity contribution in [2.45, 2.75) is 10.7 Å². The summed E-state index contributed by atoms with van der Waals surface area (Å²) in [5, 5.41) is 0.990. The van der Waals surface area contributed by atoms with Crippen LogP contribution in [0.5, 0.6) is 23.0 Å². The number of carbonyl (C=O) groups is 1. The summed E-state index contributed by atoms with van der Waals surface area (Å²) in [6.07, 6.45) is 0. The lowest BCUT2D eigenvalue weighted by atomic mass is 9.94. The fraction of sp³-hybridized carbons (Fsp3) is 0.235. The number of halogens is 2. The third-order valence-corrected chi connectivity index (χ3v) is 5.16. The van der Waals surface area contributed by atoms with E-state index in [-0.39, 0.29) is 19.4 Å². The molecule has 0 unspecified atom stereocenters. The number of fused-ring (bicyclic) bond motifs is 2. The van der Waals surface area contributed by atoms with Gasteiger partial charge in [0, 0.05) is 32.9 Å². The van der Waals surface area contributed by atoms with Crippen LogP contribution in [0.4, 0.5) is 0 Å². The van der Waals surface area contributed by atoms with Gasteiger partial charge in [0.2, 0.25) is 13.6 Å². The van der Waals surface area contributed by atoms with Gasteiger partial charge in [0.25, 0.3) is 0 Å². The maximum Gasteiger partial charge on any atom is 0.231 e. The summed E-state index contributed by atoms with van der Waals surface area (Å²) in [6.45, 7) is 0.341. The van der Waals surface area contributed by atoms with Crippen molar-refractivity contribution in [1.82, 2.24) is 0 Å². The minimum absolute atomic E-state index is 0.0875. The average Bonchev–Trinajstić information content (AvgIpc) is 3.27. The van der Waals surface area contributed by atoms with E-state index >= 15 is 0 Å². The molecule has 0 amide bonds. The Hall–Kier alpha value is -1.73. The Morgan fingerprint density at radius 3 is 1.67 bits per heavy atom. The lowest BCUT2D eigenvalue weighted by Crippen LogP contribution is -2.08. The molecule has 0 aromatic heterocycles. The van der Waals surface area contributed by atoms with Crippen molar-refractivity contribution in [3.05, 3.63) is 46.5 Å². The third kappa shape index (κ3) is 2.38. The van der Waals surface area contributed by atoms with Gasteiger partial charge in [-0.25, -0.2) is 0 Å². The van der Waals surface area contributed by atoms with Crippen molar-refractivity contribution in [3.8, 4) is 23.0 Å². The normalized spacial score (nSPS) is 14.1. The van der Waals surface area contributed by atoms with Gasteiger partial charge in [-0.3, -0.25) is 4.79 Å². The van der Waals surface area contributed by atoms with Crippen molar-refractivity contribution in [1.29, 1.82) is 0 Å². The summed E-state index contributed by atoms with van der Waals surface area (Å²) >= 11 is 6.89. The topological polar surface area (TPSA) is 54.0 Å². The zero-order chi connectivity index (χ0) is 16.7. The zero-order valence-electron chi connectivity index (χ0n) is 12.4. The zero-order valence-corrected chi connectivity index (χ0v) is 15.6. The van der Waals surface area contributed by atoms with Gasteiger partial charge in [-0.15, -0.1) is 0 Å². The molecule has 24 heavy (non-hydrogen) atoms. The second-order valence-corrected chi connectivity index (χ2v) is 6.37. The highest BCUT2D eigenvalue weighted by molar-refractivity contribution is 9.08. The molecular weight excluding hydrogens is 444 g/mol. The lowest BCUT2D eigenvalue weighted by Gasteiger charge is -2.13. The van der Waals surface area contributed by atoms with Crippen molar-refractivity contribution >= 4 is 37.6 Å². The van der Waals surface area contributed by atoms with E-state index in [0.29, 0.717) is 44.8 Å². The molecule has 0 aliphatic carbocycles. The monoisotopic (exact) mass is 454 g/mol. The van der Waals surface area contributed by atoms with Crippen LogP contribution in [0.3, 0.4) is 0 Å². The predicted octanol–water partition coefficient (Wildman–Crippen LogP) is 4.16. The van der Waals surface area contributed by atoms with Crippen LogP contribution in [-0.4, -0.2) is 19.4 Å². The fourth-order valence-corrected chi connectivity index (χ4v) is 4.01. The van der Waals surface area contributed by atoms with Crippen LogP contribution in [0.2, 0.25) is 0 Å². The van der Waals surface area contributed by atoms with Crippen molar-refractivity contribution < 1.29 is 23.7 Å². The van der Waals surface area contributed by atoms with Gasteiger partial charge in [0.1, 0.15) is 0 Å². The predicted molar refractivity (Wildman–Crippen MR) is 93.8 cm³/mol. The number of ether oxygens (including phenoxy) is 4. The van der Waals surface area contributed by atoms with Gasteiger partial charge in [-0.2, -0.15) is 0 Å². The van der Waals surface area contributed by atoms with E-state index in [4.69, 9.17) is 18.9 Å². The van der Waals surface area contributed by atoms with Gasteiger partial charge >= 0.3 is 0 Å². The summed E-state index contributed by atoms with van der Waals surface area (Å²) in [7, 11) is 0. The maximum absolute atomic E-state index is 13.2. The Morgan fingerprint density at radius 2 is 1.25 bits per heavy atom. The quantitative estimate of drug-likeness (QED) is 0.511. The molecule has 4 rings (SSSR count). The first kappa shape index (κ1) is 15.8. The first-order valence-electron chi connectivity index (χ1n) is 7.24. The molecule has 2 aromatic rings. The molecule has 2 aliphatic rings. The Bertz CT molecular complexity index is 767. The second kappa shape index (κ2) is 6.29. The Morgan fingerprint density at radius 1 is 0.792 bits per heavy atom. The van der Waals surface area contributed by atoms with Crippen LogP contribution in [0.25, 0.3) is 0 Å². The van der Waals surface area contributed by atoms with E-state index in [9.17, 15) is 4.79 Å². The van der Waals surface area contributed by atoms with Crippen LogP contribution < -0.4 is 18.9 Å². The summed E-state index contributed by atoms with van der Waals surface area (Å²) in [5.74, 6) is 2.48. The number of rotatable bonds is 4. The van der Waals surface area contributed by atoms with Crippen LogP contribution in [0.15, 0.2) is 24.3 Å². The third-order valence-electron chi connectivity index (χ3n) is 4.04. The average molecular weight is 456 g/mol. The minimum atomic E-state index is -0.0875. The van der Waals surface area contributed by atoms with Crippen LogP contribution in [0.1, 0.15) is 27.0 Å². The Kier molecular flexibility index (Phi) is 4.14. The van der Waals surface area contributed by atoms with Crippen LogP contribution >= 0.6 is 31.9 Å². The van der Waals surface area contributed by atoms with Gasteiger partial charge in [-0.05, 0) is 24.3 Å². The molecule has 2 aliphatic heterocycles. The number of hydrogen-bond donors (Lipinski definition) is 0. The molecule has 0 radical (unpaired) electrons. The summed E-state index contributed by atoms with van der Waals surface area (Å²) in [4.78, 5) is 13.2. The highest BCUT2D eigenvalue weighted by atomic mass is 79.9. The van der Waals surface area contributed by atoms with Gasteiger partial charge in [0.15, 0.2) is 28.8 Å².